The van der Waals surface area contributed by atoms with E-state index in [-0.39, 0.29) is 17.3 Å². The third-order valence-corrected chi connectivity index (χ3v) is 9.41. The SMILES string of the molecule is CCC(Sc1cccc(NC(=O)/C(=C/c2cccs2)NC(=O)c2ccccc2)c1)C(=O)Nc1nc(-c2cccc([N+](=O)[O-])c2)cs1. The molecule has 3 aromatic carbocycles. The fraction of sp³-hybridized carbons (Fsp3) is 0.0909. The van der Waals surface area contributed by atoms with E-state index in [4.69, 9.17) is 0 Å². The highest BCUT2D eigenvalue weighted by Gasteiger charge is 2.21. The number of rotatable bonds is 12. The molecule has 3 N–H and O–H groups in total. The van der Waals surface area contributed by atoms with E-state index < -0.39 is 22.0 Å². The van der Waals surface area contributed by atoms with E-state index in [1.165, 1.54) is 46.6 Å². The first kappa shape index (κ1) is 32.3. The van der Waals surface area contributed by atoms with Gasteiger partial charge in [0.2, 0.25) is 5.91 Å². The number of aromatic nitrogens is 1. The third kappa shape index (κ3) is 8.53. The highest BCUT2D eigenvalue weighted by atomic mass is 32.2. The summed E-state index contributed by atoms with van der Waals surface area (Å²) in [6.45, 7) is 1.90. The number of nitro benzene ring substituents is 1. The van der Waals surface area contributed by atoms with Gasteiger partial charge in [0, 0.05) is 44.1 Å². The van der Waals surface area contributed by atoms with Crippen molar-refractivity contribution in [2.75, 3.05) is 10.6 Å². The number of thioether (sulfide) groups is 1. The molecular weight excluding hydrogens is 643 g/mol. The van der Waals surface area contributed by atoms with Crippen LogP contribution in [0.15, 0.2) is 112 Å². The van der Waals surface area contributed by atoms with E-state index in [0.29, 0.717) is 34.1 Å². The van der Waals surface area contributed by atoms with Crippen molar-refractivity contribution in [1.29, 1.82) is 0 Å². The maximum atomic E-state index is 13.4. The topological polar surface area (TPSA) is 143 Å². The summed E-state index contributed by atoms with van der Waals surface area (Å²) in [5, 5.41) is 23.1. The molecule has 5 rings (SSSR count). The molecule has 2 heterocycles. The number of nitro groups is 1. The Balaban J connectivity index is 1.25. The lowest BCUT2D eigenvalue weighted by molar-refractivity contribution is -0.384. The van der Waals surface area contributed by atoms with Crippen LogP contribution in [0.25, 0.3) is 17.3 Å². The summed E-state index contributed by atoms with van der Waals surface area (Å²) in [6, 6.07) is 25.6. The molecule has 232 valence electrons. The zero-order valence-corrected chi connectivity index (χ0v) is 26.8. The zero-order valence-electron chi connectivity index (χ0n) is 24.3. The van der Waals surface area contributed by atoms with E-state index in [1.807, 2.05) is 36.6 Å². The third-order valence-electron chi connectivity index (χ3n) is 6.48. The predicted molar refractivity (Wildman–Crippen MR) is 184 cm³/mol. The molecule has 13 heteroatoms. The standard InChI is InChI=1S/C33H27N5O5S3/c1-2-29(32(41)37-33-36-28(20-45-33)22-11-6-13-24(17-22)38(42)43)46-26-14-7-12-23(18-26)34-31(40)27(19-25-15-8-16-44-25)35-30(39)21-9-4-3-5-10-21/h3-20,29H,2H2,1H3,(H,34,40)(H,35,39)(H,36,37,41)/b27-19-. The molecule has 0 saturated heterocycles. The first-order chi connectivity index (χ1) is 22.3. The lowest BCUT2D eigenvalue weighted by Gasteiger charge is -2.15. The molecule has 1 unspecified atom stereocenters. The van der Waals surface area contributed by atoms with Crippen molar-refractivity contribution in [3.63, 3.8) is 0 Å². The second-order valence-corrected chi connectivity index (χ2v) is 12.8. The Bertz CT molecular complexity index is 1890. The Morgan fingerprint density at radius 2 is 1.76 bits per heavy atom. The molecule has 0 aliphatic rings. The van der Waals surface area contributed by atoms with Gasteiger partial charge in [-0.25, -0.2) is 4.98 Å². The first-order valence-electron chi connectivity index (χ1n) is 14.0. The minimum atomic E-state index is -0.493. The number of anilines is 2. The van der Waals surface area contributed by atoms with Crippen molar-refractivity contribution in [3.05, 3.63) is 128 Å². The highest BCUT2D eigenvalue weighted by Crippen LogP contribution is 2.31. The molecule has 10 nitrogen and oxygen atoms in total. The molecule has 0 bridgehead atoms. The van der Waals surface area contributed by atoms with Gasteiger partial charge in [0.15, 0.2) is 5.13 Å². The van der Waals surface area contributed by atoms with Crippen molar-refractivity contribution in [3.8, 4) is 11.3 Å². The van der Waals surface area contributed by atoms with Crippen LogP contribution in [0.4, 0.5) is 16.5 Å². The average molecular weight is 670 g/mol. The molecule has 1 atom stereocenters. The highest BCUT2D eigenvalue weighted by molar-refractivity contribution is 8.00. The van der Waals surface area contributed by atoms with Crippen LogP contribution in [0.5, 0.6) is 0 Å². The quantitative estimate of drug-likeness (QED) is 0.0535. The summed E-state index contributed by atoms with van der Waals surface area (Å²) >= 11 is 4.01. The average Bonchev–Trinajstić information content (AvgIpc) is 3.76. The predicted octanol–water partition coefficient (Wildman–Crippen LogP) is 7.70. The summed E-state index contributed by atoms with van der Waals surface area (Å²) < 4.78 is 0. The van der Waals surface area contributed by atoms with Crippen LogP contribution in [0.3, 0.4) is 0 Å². The molecule has 3 amide bonds. The summed E-state index contributed by atoms with van der Waals surface area (Å²) in [5.74, 6) is -1.14. The molecule has 0 saturated carbocycles. The summed E-state index contributed by atoms with van der Waals surface area (Å²) in [5.41, 5.74) is 2.09. The first-order valence-corrected chi connectivity index (χ1v) is 16.6. The number of hydrogen-bond acceptors (Lipinski definition) is 9. The number of thiophene rings is 1. The number of benzene rings is 3. The number of thiazole rings is 1. The van der Waals surface area contributed by atoms with Crippen LogP contribution in [0.2, 0.25) is 0 Å². The van der Waals surface area contributed by atoms with E-state index >= 15 is 0 Å². The van der Waals surface area contributed by atoms with Crippen molar-refractivity contribution in [2.24, 2.45) is 0 Å². The molecule has 0 spiro atoms. The summed E-state index contributed by atoms with van der Waals surface area (Å²) in [6.07, 6.45) is 2.15. The fourth-order valence-corrected chi connectivity index (χ4v) is 6.61. The maximum Gasteiger partial charge on any atom is 0.272 e. The molecule has 0 aliphatic carbocycles. The van der Waals surface area contributed by atoms with Crippen molar-refractivity contribution < 1.29 is 19.3 Å². The van der Waals surface area contributed by atoms with Gasteiger partial charge in [-0.2, -0.15) is 0 Å². The van der Waals surface area contributed by atoms with Gasteiger partial charge in [0.25, 0.3) is 17.5 Å². The maximum absolute atomic E-state index is 13.4. The smallest absolute Gasteiger partial charge is 0.272 e. The molecular formula is C33H27N5O5S3. The van der Waals surface area contributed by atoms with Crippen molar-refractivity contribution in [1.82, 2.24) is 10.3 Å². The molecule has 0 fully saturated rings. The van der Waals surface area contributed by atoms with E-state index in [9.17, 15) is 24.5 Å². The molecule has 46 heavy (non-hydrogen) atoms. The van der Waals surface area contributed by atoms with Crippen LogP contribution in [0, 0.1) is 10.1 Å². The Morgan fingerprint density at radius 1 is 0.957 bits per heavy atom. The number of non-ortho nitro benzene ring substituents is 1. The van der Waals surface area contributed by atoms with Crippen LogP contribution >= 0.6 is 34.4 Å². The second kappa shape index (κ2) is 15.3. The van der Waals surface area contributed by atoms with Gasteiger partial charge in [0.1, 0.15) is 5.70 Å². The number of carbonyl (C=O) groups is 3. The van der Waals surface area contributed by atoms with Crippen molar-refractivity contribution >= 4 is 74.7 Å². The largest absolute Gasteiger partial charge is 0.321 e. The fourth-order valence-electron chi connectivity index (χ4n) is 4.22. The van der Waals surface area contributed by atoms with E-state index in [1.54, 1.807) is 66.1 Å². The minimum Gasteiger partial charge on any atom is -0.321 e. The summed E-state index contributed by atoms with van der Waals surface area (Å²) in [7, 11) is 0. The number of amides is 3. The number of nitrogens with zero attached hydrogens (tertiary/aromatic N) is 2. The van der Waals surface area contributed by atoms with Gasteiger partial charge >= 0.3 is 0 Å². The van der Waals surface area contributed by atoms with Gasteiger partial charge < -0.3 is 16.0 Å². The van der Waals surface area contributed by atoms with E-state index in [2.05, 4.69) is 20.9 Å². The van der Waals surface area contributed by atoms with Gasteiger partial charge in [0.05, 0.1) is 15.9 Å². The van der Waals surface area contributed by atoms with Gasteiger partial charge in [-0.15, -0.1) is 34.4 Å². The Labute approximate surface area is 276 Å². The van der Waals surface area contributed by atoms with Gasteiger partial charge in [-0.3, -0.25) is 24.5 Å². The van der Waals surface area contributed by atoms with E-state index in [0.717, 1.165) is 9.77 Å². The lowest BCUT2D eigenvalue weighted by Crippen LogP contribution is -2.30. The summed E-state index contributed by atoms with van der Waals surface area (Å²) in [4.78, 5) is 56.1. The number of hydrogen-bond donors (Lipinski definition) is 3. The Hall–Kier alpha value is -5.11. The molecule has 2 aromatic heterocycles. The van der Waals surface area contributed by atoms with Gasteiger partial charge in [-0.1, -0.05) is 49.4 Å². The normalized spacial score (nSPS) is 11.8. The van der Waals surface area contributed by atoms with Crippen LogP contribution in [0.1, 0.15) is 28.6 Å². The zero-order chi connectivity index (χ0) is 32.5. The number of nitrogens with one attached hydrogen (secondary N) is 3. The lowest BCUT2D eigenvalue weighted by atomic mass is 10.1. The second-order valence-electron chi connectivity index (χ2n) is 9.72. The van der Waals surface area contributed by atoms with Crippen LogP contribution in [-0.2, 0) is 9.59 Å². The molecule has 0 aliphatic heterocycles. The van der Waals surface area contributed by atoms with Crippen molar-refractivity contribution in [2.45, 2.75) is 23.5 Å². The van der Waals surface area contributed by atoms with Crippen LogP contribution in [-0.4, -0.2) is 32.9 Å². The van der Waals surface area contributed by atoms with Crippen LogP contribution < -0.4 is 16.0 Å². The molecule has 5 aromatic rings. The molecule has 0 radical (unpaired) electrons. The Kier molecular flexibility index (Phi) is 10.7. The Morgan fingerprint density at radius 3 is 2.50 bits per heavy atom. The minimum absolute atomic E-state index is 0.0383. The monoisotopic (exact) mass is 669 g/mol. The number of carbonyl (C=O) groups excluding carboxylic acids is 3. The van der Waals surface area contributed by atoms with Gasteiger partial charge in [-0.05, 0) is 54.3 Å².